The van der Waals surface area contributed by atoms with Gasteiger partial charge in [0.05, 0.1) is 11.7 Å². The average Bonchev–Trinajstić information content (AvgIpc) is 3.47. The van der Waals surface area contributed by atoms with E-state index in [1.165, 1.54) is 76.2 Å². The van der Waals surface area contributed by atoms with Crippen LogP contribution in [0.1, 0.15) is 249 Å². The third kappa shape index (κ3) is 36.2. The van der Waals surface area contributed by atoms with E-state index in [0.29, 0.717) is 34.9 Å². The van der Waals surface area contributed by atoms with E-state index in [0.717, 1.165) is 29.4 Å². The average molecular weight is 855 g/mol. The Balaban J connectivity index is -0.000000211. The standard InChI is InChI=1S/C12H12O2.C12H24O.C10H14O.C10H22.C5H10O.C5H12.2CH4/c1-7(2)9-4-5-10-11(6-9)8(3)14-12(10)13;1-5-6-7-8-9-12(10(2)3)11(4)13;1-8(2)10(11)9-6-4-3-5-7-9;1-4-5-6-7-8-9-10(2)3;1-4(2)5(3)6;1-4-5(2)3;;/h4-7H,3H2,1-2H3;10,12H,5-9H2,1-4H3;3-8,10-11H,1-2H3;10H,4-9H2,1-3H3;4H,1-3H3;5H,4H2,1-3H3;2*1H4. The van der Waals surface area contributed by atoms with Gasteiger partial charge in [-0.3, -0.25) is 9.59 Å². The molecule has 0 fully saturated rings. The Morgan fingerprint density at radius 3 is 1.44 bits per heavy atom. The van der Waals surface area contributed by atoms with Crippen molar-refractivity contribution in [3.05, 3.63) is 77.4 Å². The molecule has 2 atom stereocenters. The molecule has 0 radical (unpaired) electrons. The molecule has 1 heterocycles. The van der Waals surface area contributed by atoms with E-state index in [1.807, 2.05) is 76.2 Å². The molecule has 0 spiro atoms. The van der Waals surface area contributed by atoms with Crippen molar-refractivity contribution in [3.63, 3.8) is 0 Å². The summed E-state index contributed by atoms with van der Waals surface area (Å²) in [4.78, 5) is 32.7. The zero-order chi connectivity index (χ0) is 46.1. The van der Waals surface area contributed by atoms with Gasteiger partial charge in [0.15, 0.2) is 0 Å². The number of ketones is 2. The highest BCUT2D eigenvalue weighted by atomic mass is 16.5. The summed E-state index contributed by atoms with van der Waals surface area (Å²) < 4.78 is 4.93. The van der Waals surface area contributed by atoms with E-state index in [4.69, 9.17) is 4.74 Å². The first-order valence-corrected chi connectivity index (χ1v) is 23.4. The number of rotatable bonds is 18. The second-order valence-corrected chi connectivity index (χ2v) is 18.3. The lowest BCUT2D eigenvalue weighted by molar-refractivity contribution is -0.122. The van der Waals surface area contributed by atoms with E-state index in [1.54, 1.807) is 13.8 Å². The molecular weight excluding hydrogens is 753 g/mol. The lowest BCUT2D eigenvalue weighted by atomic mass is 9.87. The number of esters is 1. The quantitative estimate of drug-likeness (QED) is 0.119. The van der Waals surface area contributed by atoms with Crippen LogP contribution in [0.25, 0.3) is 5.76 Å². The number of carbonyl (C=O) groups is 3. The Kier molecular flexibility index (Phi) is 45.0. The molecule has 0 amide bonds. The predicted octanol–water partition coefficient (Wildman–Crippen LogP) is 17.7. The Bertz CT molecular complexity index is 1350. The van der Waals surface area contributed by atoms with Crippen molar-refractivity contribution in [2.24, 2.45) is 35.5 Å². The highest BCUT2D eigenvalue weighted by Gasteiger charge is 2.25. The third-order valence-corrected chi connectivity index (χ3v) is 10.4. The van der Waals surface area contributed by atoms with Gasteiger partial charge in [-0.1, -0.05) is 232 Å². The van der Waals surface area contributed by atoms with Crippen molar-refractivity contribution in [1.29, 1.82) is 0 Å². The van der Waals surface area contributed by atoms with Gasteiger partial charge < -0.3 is 9.84 Å². The zero-order valence-corrected chi connectivity index (χ0v) is 41.5. The number of hydrogen-bond donors (Lipinski definition) is 1. The number of cyclic esters (lactones) is 1. The molecule has 2 aromatic rings. The first-order chi connectivity index (χ1) is 27.6. The van der Waals surface area contributed by atoms with Crippen molar-refractivity contribution < 1.29 is 24.2 Å². The van der Waals surface area contributed by atoms with Crippen LogP contribution in [0, 0.1) is 35.5 Å². The lowest BCUT2D eigenvalue weighted by Gasteiger charge is -2.17. The Labute approximate surface area is 380 Å². The second kappa shape index (κ2) is 41.0. The number of unbranched alkanes of at least 4 members (excludes halogenated alkanes) is 7. The van der Waals surface area contributed by atoms with Crippen LogP contribution < -0.4 is 0 Å². The predicted molar refractivity (Wildman–Crippen MR) is 271 cm³/mol. The van der Waals surface area contributed by atoms with Gasteiger partial charge in [0.1, 0.15) is 17.3 Å². The number of aliphatic hydroxyl groups excluding tert-OH is 1. The van der Waals surface area contributed by atoms with Crippen molar-refractivity contribution in [3.8, 4) is 0 Å². The number of aliphatic hydroxyl groups is 1. The van der Waals surface area contributed by atoms with Crippen LogP contribution in [0.5, 0.6) is 0 Å². The summed E-state index contributed by atoms with van der Waals surface area (Å²) in [6.45, 7) is 39.1. The number of ether oxygens (including phenoxy) is 1. The van der Waals surface area contributed by atoms with E-state index >= 15 is 0 Å². The zero-order valence-electron chi connectivity index (χ0n) is 41.5. The molecule has 5 heteroatoms. The van der Waals surface area contributed by atoms with Crippen molar-refractivity contribution in [2.45, 2.75) is 222 Å². The molecule has 3 rings (SSSR count). The summed E-state index contributed by atoms with van der Waals surface area (Å²) in [5, 5.41) is 9.60. The van der Waals surface area contributed by atoms with Crippen LogP contribution in [0.2, 0.25) is 0 Å². The molecule has 0 saturated heterocycles. The second-order valence-electron chi connectivity index (χ2n) is 18.3. The maximum absolute atomic E-state index is 11.3. The summed E-state index contributed by atoms with van der Waals surface area (Å²) in [7, 11) is 0. The van der Waals surface area contributed by atoms with Gasteiger partial charge in [0, 0.05) is 17.4 Å². The van der Waals surface area contributed by atoms with Crippen LogP contribution >= 0.6 is 0 Å². The van der Waals surface area contributed by atoms with Crippen LogP contribution in [-0.2, 0) is 14.3 Å². The van der Waals surface area contributed by atoms with Gasteiger partial charge >= 0.3 is 5.97 Å². The molecule has 1 aliphatic heterocycles. The summed E-state index contributed by atoms with van der Waals surface area (Å²) in [6, 6.07) is 15.5. The smallest absolute Gasteiger partial charge is 0.344 e. The minimum absolute atomic E-state index is 0. The maximum Gasteiger partial charge on any atom is 0.344 e. The molecule has 0 bridgehead atoms. The highest BCUT2D eigenvalue weighted by molar-refractivity contribution is 6.02. The minimum atomic E-state index is -0.323. The molecule has 0 aliphatic carbocycles. The summed E-state index contributed by atoms with van der Waals surface area (Å²) in [5.74, 6) is 4.35. The Hall–Kier alpha value is -3.05. The van der Waals surface area contributed by atoms with Gasteiger partial charge in [-0.15, -0.1) is 0 Å². The van der Waals surface area contributed by atoms with Gasteiger partial charge in [-0.25, -0.2) is 4.79 Å². The van der Waals surface area contributed by atoms with Gasteiger partial charge in [0.2, 0.25) is 0 Å². The normalized spacial score (nSPS) is 12.1. The van der Waals surface area contributed by atoms with Crippen molar-refractivity contribution in [2.75, 3.05) is 0 Å². The summed E-state index contributed by atoms with van der Waals surface area (Å²) in [6.07, 6.45) is 15.7. The molecule has 61 heavy (non-hydrogen) atoms. The van der Waals surface area contributed by atoms with Crippen LogP contribution in [-0.4, -0.2) is 22.6 Å². The van der Waals surface area contributed by atoms with Gasteiger partial charge in [0.25, 0.3) is 0 Å². The number of carbonyl (C=O) groups excluding carboxylic acids is 3. The minimum Gasteiger partial charge on any atom is -0.423 e. The van der Waals surface area contributed by atoms with Gasteiger partial charge in [-0.2, -0.15) is 0 Å². The molecule has 1 N–H and O–H groups in total. The van der Waals surface area contributed by atoms with E-state index in [-0.39, 0.29) is 44.5 Å². The topological polar surface area (TPSA) is 80.7 Å². The van der Waals surface area contributed by atoms with Crippen LogP contribution in [0.15, 0.2) is 55.1 Å². The fraction of sp³-hybridized carbons (Fsp3) is 0.696. The van der Waals surface area contributed by atoms with Crippen molar-refractivity contribution >= 4 is 23.3 Å². The molecule has 1 aliphatic rings. The number of fused-ring (bicyclic) bond motifs is 1. The molecule has 2 unspecified atom stereocenters. The fourth-order valence-corrected chi connectivity index (χ4v) is 5.54. The Morgan fingerprint density at radius 2 is 1.07 bits per heavy atom. The molecule has 5 nitrogen and oxygen atoms in total. The Morgan fingerprint density at radius 1 is 0.607 bits per heavy atom. The largest absolute Gasteiger partial charge is 0.423 e. The van der Waals surface area contributed by atoms with Crippen molar-refractivity contribution in [1.82, 2.24) is 0 Å². The lowest BCUT2D eigenvalue weighted by Crippen LogP contribution is -2.17. The monoisotopic (exact) mass is 855 g/mol. The molecule has 0 aromatic heterocycles. The maximum atomic E-state index is 11.3. The summed E-state index contributed by atoms with van der Waals surface area (Å²) in [5.41, 5.74) is 3.66. The van der Waals surface area contributed by atoms with Crippen LogP contribution in [0.3, 0.4) is 0 Å². The number of Topliss-reactive ketones (excluding diaryl/α,β-unsaturated/α-hetero) is 2. The highest BCUT2D eigenvalue weighted by Crippen LogP contribution is 2.31. The third-order valence-electron chi connectivity index (χ3n) is 10.4. The molecule has 0 saturated carbocycles. The SMILES string of the molecule is C.C.C=C1OC(=O)c2ccc(C(C)C)cc21.CC(=O)C(C)C.CC(C)C(O)c1ccccc1.CCC(C)C.CCCCCCC(C(C)=O)C(C)C.CCCCCCCC(C)C. The first-order valence-electron chi connectivity index (χ1n) is 23.4. The van der Waals surface area contributed by atoms with E-state index in [9.17, 15) is 19.5 Å². The number of benzene rings is 2. The van der Waals surface area contributed by atoms with Gasteiger partial charge in [-0.05, 0) is 73.1 Å². The summed E-state index contributed by atoms with van der Waals surface area (Å²) >= 11 is 0. The fourth-order valence-electron chi connectivity index (χ4n) is 5.54. The number of hydrogen-bond acceptors (Lipinski definition) is 5. The first kappa shape index (κ1) is 67.0. The molecule has 356 valence electrons. The molecular formula is C56H102O5. The van der Waals surface area contributed by atoms with E-state index < -0.39 is 0 Å². The molecule has 2 aromatic carbocycles. The van der Waals surface area contributed by atoms with Crippen LogP contribution in [0.4, 0.5) is 0 Å². The van der Waals surface area contributed by atoms with E-state index in [2.05, 4.69) is 82.7 Å².